The van der Waals surface area contributed by atoms with Crippen molar-refractivity contribution < 1.29 is 40.5 Å². The molecule has 0 spiro atoms. The van der Waals surface area contributed by atoms with Crippen LogP contribution < -0.4 is 11.4 Å². The first-order chi connectivity index (χ1) is 18.4. The average molecular weight is 626 g/mol. The molecule has 2 aromatic rings. The van der Waals surface area contributed by atoms with Gasteiger partial charge in [0.15, 0.2) is 8.32 Å². The van der Waals surface area contributed by atoms with Crippen LogP contribution in [0.1, 0.15) is 45.1 Å². The molecule has 5 atom stereocenters. The molecule has 1 unspecified atom stereocenters. The molecule has 0 bridgehead atoms. The van der Waals surface area contributed by atoms with Gasteiger partial charge in [0.25, 0.3) is 0 Å². The molecule has 1 aromatic heterocycles. The van der Waals surface area contributed by atoms with Gasteiger partial charge < -0.3 is 14.9 Å². The van der Waals surface area contributed by atoms with E-state index in [9.17, 15) is 13.8 Å². The number of nitrogen functional groups attached to an aromatic ring is 1. The number of alkyl halides is 2. The van der Waals surface area contributed by atoms with Gasteiger partial charge in [-0.05, 0) is 48.0 Å². The van der Waals surface area contributed by atoms with E-state index in [1.54, 1.807) is 13.1 Å². The number of hydrogen-bond donors (Lipinski definition) is 1. The summed E-state index contributed by atoms with van der Waals surface area (Å²) in [5.41, 5.74) is 4.79. The number of hydrogen-bond acceptors (Lipinski definition) is 9. The van der Waals surface area contributed by atoms with Crippen molar-refractivity contribution in [3.8, 4) is 0 Å². The number of anilines is 1. The Balaban J connectivity index is 1.60. The number of benzene rings is 1. The second-order valence-electron chi connectivity index (χ2n) is 11.2. The van der Waals surface area contributed by atoms with Crippen LogP contribution in [0.2, 0.25) is 23.2 Å². The van der Waals surface area contributed by atoms with Crippen molar-refractivity contribution in [3.63, 3.8) is 0 Å². The largest absolute Gasteiger partial charge is 0.475 e. The molecule has 2 aliphatic rings. The van der Waals surface area contributed by atoms with Gasteiger partial charge in [0.05, 0.1) is 19.3 Å². The summed E-state index contributed by atoms with van der Waals surface area (Å²) in [5, 5.41) is -0.333. The SMILES string of the molecule is CC(C)(C)[Si](C)(C)O[C@@H]1[C@@H](COP2(=O)OCC[C@H](c3cc(F)cc(Cl)c3)O2)O[C@@H](n2ccc(N)nc2=O)C1(F)F. The monoisotopic (exact) mass is 625 g/mol. The first kappa shape index (κ1) is 31.2. The van der Waals surface area contributed by atoms with Gasteiger partial charge in [0.1, 0.15) is 23.8 Å². The highest BCUT2D eigenvalue weighted by Gasteiger charge is 2.63. The topological polar surface area (TPSA) is 124 Å². The summed E-state index contributed by atoms with van der Waals surface area (Å²) in [5.74, 6) is -4.48. The Hall–Kier alpha value is -1.77. The van der Waals surface area contributed by atoms with Crippen LogP contribution in [-0.2, 0) is 27.3 Å². The minimum Gasteiger partial charge on any atom is -0.405 e. The van der Waals surface area contributed by atoms with Gasteiger partial charge in [0, 0.05) is 17.6 Å². The Bertz CT molecular complexity index is 1340. The summed E-state index contributed by atoms with van der Waals surface area (Å²) < 4.78 is 87.7. The molecule has 2 aliphatic heterocycles. The van der Waals surface area contributed by atoms with Gasteiger partial charge in [-0.3, -0.25) is 18.1 Å². The molecule has 2 N–H and O–H groups in total. The van der Waals surface area contributed by atoms with Crippen LogP contribution in [-0.4, -0.2) is 49.2 Å². The first-order valence-electron chi connectivity index (χ1n) is 12.5. The van der Waals surface area contributed by atoms with E-state index in [-0.39, 0.29) is 23.9 Å². The van der Waals surface area contributed by atoms with Crippen LogP contribution in [0.15, 0.2) is 35.3 Å². The molecule has 0 saturated carbocycles. The second kappa shape index (κ2) is 11.1. The number of phosphoric acid groups is 1. The lowest BCUT2D eigenvalue weighted by molar-refractivity contribution is -0.138. The molecule has 4 rings (SSSR count). The Labute approximate surface area is 235 Å². The van der Waals surface area contributed by atoms with Gasteiger partial charge in [-0.15, -0.1) is 0 Å². The molecule has 2 saturated heterocycles. The van der Waals surface area contributed by atoms with E-state index >= 15 is 8.78 Å². The molecule has 0 radical (unpaired) electrons. The Morgan fingerprint density at radius 1 is 1.30 bits per heavy atom. The molecule has 40 heavy (non-hydrogen) atoms. The number of ether oxygens (including phenoxy) is 1. The molecular weight excluding hydrogens is 594 g/mol. The van der Waals surface area contributed by atoms with Gasteiger partial charge in [-0.25, -0.2) is 13.8 Å². The Morgan fingerprint density at radius 3 is 2.62 bits per heavy atom. The maximum Gasteiger partial charge on any atom is 0.475 e. The maximum atomic E-state index is 15.9. The van der Waals surface area contributed by atoms with Crippen molar-refractivity contribution in [1.82, 2.24) is 9.55 Å². The Kier molecular flexibility index (Phi) is 8.68. The summed E-state index contributed by atoms with van der Waals surface area (Å²) in [6, 6.07) is 4.94. The van der Waals surface area contributed by atoms with E-state index in [4.69, 9.17) is 40.1 Å². The van der Waals surface area contributed by atoms with E-state index < -0.39 is 69.8 Å². The zero-order chi connectivity index (χ0) is 29.7. The van der Waals surface area contributed by atoms with Crippen molar-refractivity contribution in [2.75, 3.05) is 18.9 Å². The van der Waals surface area contributed by atoms with E-state index in [2.05, 4.69) is 4.98 Å². The molecule has 10 nitrogen and oxygen atoms in total. The van der Waals surface area contributed by atoms with E-state index in [0.717, 1.165) is 12.3 Å². The minimum atomic E-state index is -4.31. The molecule has 0 aliphatic carbocycles. The van der Waals surface area contributed by atoms with Crippen molar-refractivity contribution in [2.45, 2.75) is 75.8 Å². The van der Waals surface area contributed by atoms with Crippen LogP contribution in [0.5, 0.6) is 0 Å². The number of nitrogens with two attached hydrogens (primary N) is 1. The van der Waals surface area contributed by atoms with Crippen molar-refractivity contribution in [3.05, 3.63) is 57.3 Å². The van der Waals surface area contributed by atoms with E-state index in [1.165, 1.54) is 18.2 Å². The summed E-state index contributed by atoms with van der Waals surface area (Å²) >= 11 is 5.94. The average Bonchev–Trinajstić information content (AvgIpc) is 3.06. The van der Waals surface area contributed by atoms with Crippen molar-refractivity contribution >= 4 is 33.6 Å². The highest BCUT2D eigenvalue weighted by molar-refractivity contribution is 7.48. The number of rotatable bonds is 7. The van der Waals surface area contributed by atoms with Crippen molar-refractivity contribution in [1.29, 1.82) is 0 Å². The molecular formula is C24H32ClF3N3O7PSi. The minimum absolute atomic E-state index is 0.0726. The number of nitrogens with zero attached hydrogens (tertiary/aromatic N) is 2. The lowest BCUT2D eigenvalue weighted by atomic mass is 10.1. The predicted octanol–water partition coefficient (Wildman–Crippen LogP) is 5.84. The first-order valence-corrected chi connectivity index (χ1v) is 17.3. The van der Waals surface area contributed by atoms with Gasteiger partial charge in [-0.2, -0.15) is 13.8 Å². The van der Waals surface area contributed by atoms with Crippen LogP contribution in [0.25, 0.3) is 0 Å². The normalized spacial score (nSPS) is 29.0. The molecule has 222 valence electrons. The molecule has 3 heterocycles. The molecule has 1 aromatic carbocycles. The lowest BCUT2D eigenvalue weighted by Gasteiger charge is -2.40. The molecule has 16 heteroatoms. The number of aromatic nitrogens is 2. The third-order valence-corrected chi connectivity index (χ3v) is 13.4. The zero-order valence-corrected chi connectivity index (χ0v) is 25.3. The summed E-state index contributed by atoms with van der Waals surface area (Å²) in [6.45, 7) is 8.46. The third kappa shape index (κ3) is 6.49. The highest BCUT2D eigenvalue weighted by atomic mass is 35.5. The fraction of sp³-hybridized carbons (Fsp3) is 0.583. The van der Waals surface area contributed by atoms with Gasteiger partial charge >= 0.3 is 19.4 Å². The summed E-state index contributed by atoms with van der Waals surface area (Å²) in [7, 11) is -7.13. The van der Waals surface area contributed by atoms with Crippen LogP contribution >= 0.6 is 19.4 Å². The summed E-state index contributed by atoms with van der Waals surface area (Å²) in [4.78, 5) is 15.9. The van der Waals surface area contributed by atoms with E-state index in [1.807, 2.05) is 20.8 Å². The maximum absolute atomic E-state index is 15.9. The fourth-order valence-corrected chi connectivity index (χ4v) is 7.00. The van der Waals surface area contributed by atoms with Crippen LogP contribution in [0.3, 0.4) is 0 Å². The van der Waals surface area contributed by atoms with Crippen LogP contribution in [0, 0.1) is 5.82 Å². The van der Waals surface area contributed by atoms with Gasteiger partial charge in [0.2, 0.25) is 6.23 Å². The Morgan fingerprint density at radius 2 is 2.00 bits per heavy atom. The zero-order valence-electron chi connectivity index (χ0n) is 22.6. The molecule has 0 amide bonds. The quantitative estimate of drug-likeness (QED) is 0.298. The van der Waals surface area contributed by atoms with E-state index in [0.29, 0.717) is 10.1 Å². The van der Waals surface area contributed by atoms with Crippen LogP contribution in [0.4, 0.5) is 19.0 Å². The second-order valence-corrected chi connectivity index (χ2v) is 18.0. The van der Waals surface area contributed by atoms with Crippen molar-refractivity contribution in [2.24, 2.45) is 0 Å². The number of phosphoric ester groups is 1. The lowest BCUT2D eigenvalue weighted by Crippen LogP contribution is -2.52. The number of halogens is 4. The van der Waals surface area contributed by atoms with Gasteiger partial charge in [-0.1, -0.05) is 32.4 Å². The molecule has 2 fully saturated rings. The standard InChI is InChI=1S/C24H32ClF3N3O7PSi/c1-23(2,3)40(4,5)38-20-18(36-21(24(20,27)28)31-8-6-19(29)30-22(31)32)13-35-39(33)34-9-7-17(37-39)14-10-15(25)12-16(26)11-14/h6,8,10-12,17-18,20-21H,7,9,13H2,1-5H3,(H2,29,30,32)/t17-,18-,20-,21-,39?/m1/s1. The highest BCUT2D eigenvalue weighted by Crippen LogP contribution is 2.58. The summed E-state index contributed by atoms with van der Waals surface area (Å²) in [6.07, 6.45) is -5.08. The fourth-order valence-electron chi connectivity index (χ4n) is 4.08. The smallest absolute Gasteiger partial charge is 0.405 e. The predicted molar refractivity (Wildman–Crippen MR) is 143 cm³/mol. The third-order valence-electron chi connectivity index (χ3n) is 7.22.